The van der Waals surface area contributed by atoms with Crippen molar-refractivity contribution in [3.63, 3.8) is 0 Å². The summed E-state index contributed by atoms with van der Waals surface area (Å²) in [5.41, 5.74) is 2.56. The summed E-state index contributed by atoms with van der Waals surface area (Å²) in [4.78, 5) is 0. The molecule has 2 rings (SSSR count). The Morgan fingerprint density at radius 2 is 2.29 bits per heavy atom. The maximum absolute atomic E-state index is 5.40. The highest BCUT2D eigenvalue weighted by Gasteiger charge is 2.22. The first-order chi connectivity index (χ1) is 8.22. The topological polar surface area (TPSA) is 33.3 Å². The van der Waals surface area contributed by atoms with Crippen LogP contribution < -0.4 is 15.4 Å². The van der Waals surface area contributed by atoms with E-state index in [0.717, 1.165) is 18.8 Å². The number of hydrogen-bond donors (Lipinski definition) is 2. The number of methoxy groups -OCH3 is 1. The third-order valence-corrected chi connectivity index (χ3v) is 3.29. The monoisotopic (exact) mass is 234 g/mol. The summed E-state index contributed by atoms with van der Waals surface area (Å²) in [5, 5.41) is 6.97. The third-order valence-electron chi connectivity index (χ3n) is 3.29. The molecule has 0 radical (unpaired) electrons. The highest BCUT2D eigenvalue weighted by Crippen LogP contribution is 2.37. The largest absolute Gasteiger partial charge is 0.495 e. The predicted octanol–water partition coefficient (Wildman–Crippen LogP) is 2.59. The van der Waals surface area contributed by atoms with Crippen molar-refractivity contribution in [3.8, 4) is 5.75 Å². The van der Waals surface area contributed by atoms with Crippen LogP contribution in [0.4, 0.5) is 5.69 Å². The minimum absolute atomic E-state index is 0.541. The third kappa shape index (κ3) is 2.72. The average molecular weight is 234 g/mol. The Kier molecular flexibility index (Phi) is 3.89. The lowest BCUT2D eigenvalue weighted by Gasteiger charge is -2.28. The van der Waals surface area contributed by atoms with E-state index in [9.17, 15) is 0 Å². The smallest absolute Gasteiger partial charge is 0.142 e. The van der Waals surface area contributed by atoms with Crippen LogP contribution in [-0.2, 0) is 0 Å². The van der Waals surface area contributed by atoms with E-state index in [-0.39, 0.29) is 0 Å². The minimum Gasteiger partial charge on any atom is -0.495 e. The second kappa shape index (κ2) is 5.41. The Morgan fingerprint density at radius 3 is 3.00 bits per heavy atom. The molecular weight excluding hydrogens is 212 g/mol. The lowest BCUT2D eigenvalue weighted by molar-refractivity contribution is 0.413. The SMILES string of the molecule is COc1cccc2c1NCCC2CNC(C)C. The summed E-state index contributed by atoms with van der Waals surface area (Å²) in [7, 11) is 1.73. The van der Waals surface area contributed by atoms with E-state index in [1.807, 2.05) is 6.07 Å². The van der Waals surface area contributed by atoms with Gasteiger partial charge in [0.1, 0.15) is 5.75 Å². The van der Waals surface area contributed by atoms with Crippen LogP contribution >= 0.6 is 0 Å². The zero-order valence-electron chi connectivity index (χ0n) is 10.9. The zero-order chi connectivity index (χ0) is 12.3. The summed E-state index contributed by atoms with van der Waals surface area (Å²) in [5.74, 6) is 1.54. The molecule has 0 aromatic heterocycles. The van der Waals surface area contributed by atoms with Crippen LogP contribution in [0.25, 0.3) is 0 Å². The number of benzene rings is 1. The van der Waals surface area contributed by atoms with Crippen molar-refractivity contribution in [2.24, 2.45) is 0 Å². The van der Waals surface area contributed by atoms with E-state index in [2.05, 4.69) is 36.6 Å². The molecule has 0 bridgehead atoms. The molecule has 2 N–H and O–H groups in total. The lowest BCUT2D eigenvalue weighted by Crippen LogP contribution is -2.31. The standard InChI is InChI=1S/C14H22N2O/c1-10(2)16-9-11-7-8-15-14-12(11)5-4-6-13(14)17-3/h4-6,10-11,15-16H,7-9H2,1-3H3. The molecule has 1 aromatic rings. The summed E-state index contributed by atoms with van der Waals surface area (Å²) in [6.07, 6.45) is 1.18. The molecule has 0 amide bonds. The van der Waals surface area contributed by atoms with Gasteiger partial charge in [-0.15, -0.1) is 0 Å². The molecule has 1 heterocycles. The van der Waals surface area contributed by atoms with Crippen molar-refractivity contribution >= 4 is 5.69 Å². The average Bonchev–Trinajstić information content (AvgIpc) is 2.35. The van der Waals surface area contributed by atoms with Crippen LogP contribution in [0.5, 0.6) is 5.75 Å². The van der Waals surface area contributed by atoms with Gasteiger partial charge in [0.25, 0.3) is 0 Å². The fourth-order valence-electron chi connectivity index (χ4n) is 2.36. The van der Waals surface area contributed by atoms with Gasteiger partial charge in [0.2, 0.25) is 0 Å². The van der Waals surface area contributed by atoms with Gasteiger partial charge in [-0.3, -0.25) is 0 Å². The molecule has 0 saturated heterocycles. The highest BCUT2D eigenvalue weighted by atomic mass is 16.5. The van der Waals surface area contributed by atoms with E-state index in [4.69, 9.17) is 4.74 Å². The van der Waals surface area contributed by atoms with Gasteiger partial charge in [-0.05, 0) is 18.1 Å². The molecule has 0 saturated carbocycles. The van der Waals surface area contributed by atoms with Crippen molar-refractivity contribution < 1.29 is 4.74 Å². The second-order valence-electron chi connectivity index (χ2n) is 4.90. The maximum Gasteiger partial charge on any atom is 0.142 e. The number of hydrogen-bond acceptors (Lipinski definition) is 3. The first kappa shape index (κ1) is 12.2. The fraction of sp³-hybridized carbons (Fsp3) is 0.571. The zero-order valence-corrected chi connectivity index (χ0v) is 10.9. The molecule has 3 nitrogen and oxygen atoms in total. The molecular formula is C14H22N2O. The van der Waals surface area contributed by atoms with E-state index in [0.29, 0.717) is 12.0 Å². The van der Waals surface area contributed by atoms with Crippen LogP contribution in [0.3, 0.4) is 0 Å². The van der Waals surface area contributed by atoms with Crippen LogP contribution in [0.15, 0.2) is 18.2 Å². The van der Waals surface area contributed by atoms with Gasteiger partial charge >= 0.3 is 0 Å². The van der Waals surface area contributed by atoms with Crippen molar-refractivity contribution in [1.29, 1.82) is 0 Å². The molecule has 1 atom stereocenters. The van der Waals surface area contributed by atoms with Crippen LogP contribution in [0.2, 0.25) is 0 Å². The minimum atomic E-state index is 0.541. The molecule has 1 aliphatic rings. The van der Waals surface area contributed by atoms with Gasteiger partial charge in [-0.25, -0.2) is 0 Å². The molecule has 0 aliphatic carbocycles. The molecule has 0 spiro atoms. The predicted molar refractivity (Wildman–Crippen MR) is 72.0 cm³/mol. The van der Waals surface area contributed by atoms with Crippen molar-refractivity contribution in [2.75, 3.05) is 25.5 Å². The quantitative estimate of drug-likeness (QED) is 0.840. The molecule has 1 aliphatic heterocycles. The summed E-state index contributed by atoms with van der Waals surface area (Å²) in [6, 6.07) is 6.84. The summed E-state index contributed by atoms with van der Waals surface area (Å²) >= 11 is 0. The van der Waals surface area contributed by atoms with Crippen molar-refractivity contribution in [1.82, 2.24) is 5.32 Å². The maximum atomic E-state index is 5.40. The van der Waals surface area contributed by atoms with Crippen LogP contribution in [0, 0.1) is 0 Å². The molecule has 1 unspecified atom stereocenters. The van der Waals surface area contributed by atoms with E-state index < -0.39 is 0 Å². The Labute approximate surface area is 104 Å². The van der Waals surface area contributed by atoms with Gasteiger partial charge < -0.3 is 15.4 Å². The van der Waals surface area contributed by atoms with E-state index in [1.165, 1.54) is 17.7 Å². The fourth-order valence-corrected chi connectivity index (χ4v) is 2.36. The highest BCUT2D eigenvalue weighted by molar-refractivity contribution is 5.64. The van der Waals surface area contributed by atoms with Crippen molar-refractivity contribution in [2.45, 2.75) is 32.2 Å². The Balaban J connectivity index is 2.19. The van der Waals surface area contributed by atoms with Crippen molar-refractivity contribution in [3.05, 3.63) is 23.8 Å². The van der Waals surface area contributed by atoms with Crippen LogP contribution in [0.1, 0.15) is 31.7 Å². The first-order valence-electron chi connectivity index (χ1n) is 6.36. The lowest BCUT2D eigenvalue weighted by atomic mass is 9.90. The molecule has 94 valence electrons. The Morgan fingerprint density at radius 1 is 1.47 bits per heavy atom. The summed E-state index contributed by atoms with van der Waals surface area (Å²) in [6.45, 7) is 6.44. The summed E-state index contributed by atoms with van der Waals surface area (Å²) < 4.78 is 5.40. The Hall–Kier alpha value is -1.22. The molecule has 17 heavy (non-hydrogen) atoms. The number of ether oxygens (including phenoxy) is 1. The van der Waals surface area contributed by atoms with E-state index >= 15 is 0 Å². The second-order valence-corrected chi connectivity index (χ2v) is 4.90. The number of rotatable bonds is 4. The number of nitrogens with one attached hydrogen (secondary N) is 2. The van der Waals surface area contributed by atoms with Gasteiger partial charge in [0.05, 0.1) is 12.8 Å². The van der Waals surface area contributed by atoms with Crippen LogP contribution in [-0.4, -0.2) is 26.2 Å². The molecule has 1 aromatic carbocycles. The first-order valence-corrected chi connectivity index (χ1v) is 6.36. The van der Waals surface area contributed by atoms with Gasteiger partial charge in [0.15, 0.2) is 0 Å². The van der Waals surface area contributed by atoms with E-state index in [1.54, 1.807) is 7.11 Å². The molecule has 0 fully saturated rings. The normalized spacial score (nSPS) is 18.7. The van der Waals surface area contributed by atoms with Gasteiger partial charge in [0, 0.05) is 25.0 Å². The number of para-hydroxylation sites is 1. The molecule has 3 heteroatoms. The Bertz CT molecular complexity index is 376. The van der Waals surface area contributed by atoms with Gasteiger partial charge in [-0.2, -0.15) is 0 Å². The number of anilines is 1. The number of fused-ring (bicyclic) bond motifs is 1. The van der Waals surface area contributed by atoms with Gasteiger partial charge in [-0.1, -0.05) is 26.0 Å².